The molecule has 4 nitrogen and oxygen atoms in total. The van der Waals surface area contributed by atoms with Crippen molar-refractivity contribution in [2.45, 2.75) is 6.54 Å². The van der Waals surface area contributed by atoms with Crippen LogP contribution in [0.3, 0.4) is 0 Å². The monoisotopic (exact) mass is 313 g/mol. The highest BCUT2D eigenvalue weighted by molar-refractivity contribution is 5.69. The van der Waals surface area contributed by atoms with Crippen molar-refractivity contribution >= 4 is 5.97 Å². The quantitative estimate of drug-likeness (QED) is 0.475. The summed E-state index contributed by atoms with van der Waals surface area (Å²) in [6, 6.07) is 0. The van der Waals surface area contributed by atoms with Crippen LogP contribution in [0.5, 0.6) is 0 Å². The van der Waals surface area contributed by atoms with Crippen molar-refractivity contribution in [2.75, 3.05) is 26.8 Å². The number of halogens is 5. The van der Waals surface area contributed by atoms with E-state index in [1.165, 1.54) is 7.11 Å². The zero-order valence-corrected chi connectivity index (χ0v) is 10.9. The van der Waals surface area contributed by atoms with E-state index < -0.39 is 53.7 Å². The molecule has 21 heavy (non-hydrogen) atoms. The molecule has 0 aliphatic carbocycles. The average Bonchev–Trinajstić information content (AvgIpc) is 2.44. The Morgan fingerprint density at radius 1 is 1.05 bits per heavy atom. The van der Waals surface area contributed by atoms with Crippen LogP contribution in [0.25, 0.3) is 0 Å². The summed E-state index contributed by atoms with van der Waals surface area (Å²) in [6.07, 6.45) is 0. The summed E-state index contributed by atoms with van der Waals surface area (Å²) in [6.45, 7) is -1.41. The van der Waals surface area contributed by atoms with Gasteiger partial charge in [0, 0.05) is 25.8 Å². The molecule has 0 radical (unpaired) electrons. The van der Waals surface area contributed by atoms with Crippen molar-refractivity contribution in [3.63, 3.8) is 0 Å². The minimum Gasteiger partial charge on any atom is -0.480 e. The van der Waals surface area contributed by atoms with Crippen molar-refractivity contribution in [1.29, 1.82) is 0 Å². The Hall–Kier alpha value is -1.74. The van der Waals surface area contributed by atoms with E-state index in [0.29, 0.717) is 0 Å². The van der Waals surface area contributed by atoms with Crippen LogP contribution in [0, 0.1) is 29.1 Å². The van der Waals surface area contributed by atoms with Gasteiger partial charge in [0.25, 0.3) is 0 Å². The molecule has 0 spiro atoms. The van der Waals surface area contributed by atoms with Gasteiger partial charge in [0.15, 0.2) is 23.3 Å². The molecule has 0 unspecified atom stereocenters. The number of nitrogens with zero attached hydrogens (tertiary/aromatic N) is 1. The number of carbonyl (C=O) groups is 1. The van der Waals surface area contributed by atoms with Crippen molar-refractivity contribution in [3.8, 4) is 0 Å². The number of benzene rings is 1. The fourth-order valence-electron chi connectivity index (χ4n) is 1.64. The molecule has 1 aromatic rings. The zero-order chi connectivity index (χ0) is 16.2. The van der Waals surface area contributed by atoms with Crippen molar-refractivity contribution < 1.29 is 36.6 Å². The molecule has 0 saturated heterocycles. The zero-order valence-electron chi connectivity index (χ0n) is 10.9. The predicted molar refractivity (Wildman–Crippen MR) is 61.0 cm³/mol. The lowest BCUT2D eigenvalue weighted by molar-refractivity contribution is -0.138. The van der Waals surface area contributed by atoms with Gasteiger partial charge in [0.1, 0.15) is 0 Å². The number of hydrogen-bond donors (Lipinski definition) is 1. The lowest BCUT2D eigenvalue weighted by Crippen LogP contribution is -2.33. The van der Waals surface area contributed by atoms with Gasteiger partial charge in [-0.3, -0.25) is 9.69 Å². The Labute approximate surface area is 116 Å². The van der Waals surface area contributed by atoms with Crippen LogP contribution in [-0.4, -0.2) is 42.8 Å². The summed E-state index contributed by atoms with van der Waals surface area (Å²) >= 11 is 0. The highest BCUT2D eigenvalue weighted by Gasteiger charge is 2.27. The Morgan fingerprint density at radius 2 is 1.52 bits per heavy atom. The molecule has 0 bridgehead atoms. The van der Waals surface area contributed by atoms with Crippen LogP contribution in [0.4, 0.5) is 22.0 Å². The van der Waals surface area contributed by atoms with Gasteiger partial charge >= 0.3 is 5.97 Å². The number of rotatable bonds is 7. The second kappa shape index (κ2) is 7.32. The van der Waals surface area contributed by atoms with Gasteiger partial charge in [0.2, 0.25) is 5.82 Å². The highest BCUT2D eigenvalue weighted by Crippen LogP contribution is 2.24. The van der Waals surface area contributed by atoms with E-state index in [0.717, 1.165) is 4.90 Å². The van der Waals surface area contributed by atoms with E-state index in [1.807, 2.05) is 0 Å². The minimum absolute atomic E-state index is 0.0304. The molecular weight excluding hydrogens is 301 g/mol. The van der Waals surface area contributed by atoms with Crippen molar-refractivity contribution in [3.05, 3.63) is 34.6 Å². The SMILES string of the molecule is COCCN(CC(=O)O)Cc1c(F)c(F)c(F)c(F)c1F. The summed E-state index contributed by atoms with van der Waals surface area (Å²) in [5.74, 6) is -11.6. The standard InChI is InChI=1S/C12H12F5NO3/c1-21-3-2-18(5-7(19)20)4-6-8(13)10(15)12(17)11(16)9(6)14/h2-5H2,1H3,(H,19,20). The normalized spacial score (nSPS) is 11.2. The minimum atomic E-state index is -2.25. The molecule has 118 valence electrons. The Bertz CT molecular complexity index is 509. The maximum Gasteiger partial charge on any atom is 0.317 e. The number of methoxy groups -OCH3 is 1. The Balaban J connectivity index is 3.11. The lowest BCUT2D eigenvalue weighted by atomic mass is 10.1. The van der Waals surface area contributed by atoms with Crippen LogP contribution >= 0.6 is 0 Å². The molecule has 0 aromatic heterocycles. The second-order valence-corrected chi connectivity index (χ2v) is 4.15. The smallest absolute Gasteiger partial charge is 0.317 e. The Kier molecular flexibility index (Phi) is 6.03. The summed E-state index contributed by atoms with van der Waals surface area (Å²) in [5, 5.41) is 8.68. The molecule has 0 amide bonds. The molecule has 0 fully saturated rings. The summed E-state index contributed by atoms with van der Waals surface area (Å²) in [5.41, 5.74) is -1.08. The van der Waals surface area contributed by atoms with Crippen LogP contribution in [-0.2, 0) is 16.1 Å². The van der Waals surface area contributed by atoms with Crippen molar-refractivity contribution in [2.24, 2.45) is 0 Å². The molecule has 0 atom stereocenters. The summed E-state index contributed by atoms with van der Waals surface area (Å²) in [4.78, 5) is 11.6. The van der Waals surface area contributed by atoms with E-state index in [-0.39, 0.29) is 13.2 Å². The first-order valence-electron chi connectivity index (χ1n) is 5.73. The van der Waals surface area contributed by atoms with E-state index in [2.05, 4.69) is 4.74 Å². The third-order valence-corrected chi connectivity index (χ3v) is 2.65. The average molecular weight is 313 g/mol. The highest BCUT2D eigenvalue weighted by atomic mass is 19.2. The molecule has 1 rings (SSSR count). The van der Waals surface area contributed by atoms with E-state index in [9.17, 15) is 26.7 Å². The van der Waals surface area contributed by atoms with Crippen LogP contribution in [0.2, 0.25) is 0 Å². The fourth-order valence-corrected chi connectivity index (χ4v) is 1.64. The topological polar surface area (TPSA) is 49.8 Å². The van der Waals surface area contributed by atoms with Gasteiger partial charge in [-0.15, -0.1) is 0 Å². The van der Waals surface area contributed by atoms with Gasteiger partial charge < -0.3 is 9.84 Å². The third-order valence-electron chi connectivity index (χ3n) is 2.65. The van der Waals surface area contributed by atoms with E-state index in [4.69, 9.17) is 5.11 Å². The van der Waals surface area contributed by atoms with Crippen LogP contribution in [0.15, 0.2) is 0 Å². The Morgan fingerprint density at radius 3 is 1.95 bits per heavy atom. The number of hydrogen-bond acceptors (Lipinski definition) is 3. The molecular formula is C12H12F5NO3. The van der Waals surface area contributed by atoms with Gasteiger partial charge in [-0.1, -0.05) is 0 Å². The van der Waals surface area contributed by atoms with Gasteiger partial charge in [-0.25, -0.2) is 22.0 Å². The number of carboxylic acid groups (broad SMARTS) is 1. The third kappa shape index (κ3) is 4.11. The maximum absolute atomic E-state index is 13.5. The van der Waals surface area contributed by atoms with Crippen molar-refractivity contribution in [1.82, 2.24) is 4.90 Å². The van der Waals surface area contributed by atoms with Gasteiger partial charge in [-0.2, -0.15) is 0 Å². The molecule has 0 aliphatic rings. The lowest BCUT2D eigenvalue weighted by Gasteiger charge is -2.20. The molecule has 1 aromatic carbocycles. The van der Waals surface area contributed by atoms with Gasteiger partial charge in [-0.05, 0) is 0 Å². The predicted octanol–water partition coefficient (Wildman–Crippen LogP) is 1.92. The number of aliphatic carboxylic acids is 1. The summed E-state index contributed by atoms with van der Waals surface area (Å²) < 4.78 is 70.7. The first-order chi connectivity index (χ1) is 9.79. The van der Waals surface area contributed by atoms with E-state index >= 15 is 0 Å². The van der Waals surface area contributed by atoms with Gasteiger partial charge in [0.05, 0.1) is 13.2 Å². The molecule has 0 heterocycles. The van der Waals surface area contributed by atoms with Crippen LogP contribution < -0.4 is 0 Å². The molecule has 0 saturated carbocycles. The number of carboxylic acids is 1. The largest absolute Gasteiger partial charge is 0.480 e. The number of ether oxygens (including phenoxy) is 1. The first-order valence-corrected chi connectivity index (χ1v) is 5.73. The molecule has 0 aliphatic heterocycles. The summed E-state index contributed by atoms with van der Waals surface area (Å²) in [7, 11) is 1.32. The van der Waals surface area contributed by atoms with E-state index in [1.54, 1.807) is 0 Å². The molecule has 1 N–H and O–H groups in total. The fraction of sp³-hybridized carbons (Fsp3) is 0.417. The molecule has 9 heteroatoms. The second-order valence-electron chi connectivity index (χ2n) is 4.15. The first kappa shape index (κ1) is 17.3. The maximum atomic E-state index is 13.5. The van der Waals surface area contributed by atoms with Crippen LogP contribution in [0.1, 0.15) is 5.56 Å².